The zero-order chi connectivity index (χ0) is 27.7. The van der Waals surface area contributed by atoms with Gasteiger partial charge in [-0.15, -0.1) is 10.2 Å². The summed E-state index contributed by atoms with van der Waals surface area (Å²) in [4.78, 5) is 15.1. The summed E-state index contributed by atoms with van der Waals surface area (Å²) in [5.41, 5.74) is 5.84. The summed E-state index contributed by atoms with van der Waals surface area (Å²) in [6.07, 6.45) is 3.55. The van der Waals surface area contributed by atoms with Gasteiger partial charge in [0.05, 0.1) is 6.61 Å². The predicted molar refractivity (Wildman–Crippen MR) is 155 cm³/mol. The Bertz CT molecular complexity index is 1510. The summed E-state index contributed by atoms with van der Waals surface area (Å²) in [5, 5.41) is 19.4. The van der Waals surface area contributed by atoms with Crippen LogP contribution in [-0.2, 0) is 24.2 Å². The van der Waals surface area contributed by atoms with Gasteiger partial charge < -0.3 is 9.64 Å². The molecule has 5 rings (SSSR count). The van der Waals surface area contributed by atoms with Crippen LogP contribution < -0.4 is 4.90 Å². The van der Waals surface area contributed by atoms with Gasteiger partial charge >= 0.3 is 5.97 Å². The second-order valence-corrected chi connectivity index (χ2v) is 9.48. The lowest BCUT2D eigenvalue weighted by atomic mass is 9.98. The number of hydrogen-bond donors (Lipinski definition) is 1. The SMILES string of the molecule is CCCN(Cc1ccc(-c2ccccc2-c2nn[nH]n2)cc1)c1nn(CCc2ccccc2)cc1C(=O)OCC. The fraction of sp³-hybridized carbons (Fsp3) is 0.258. The first-order valence-electron chi connectivity index (χ1n) is 13.6. The Balaban J connectivity index is 1.39. The number of nitrogens with one attached hydrogen (secondary N) is 1. The maximum absolute atomic E-state index is 12.9. The number of H-pyrrole nitrogens is 1. The highest BCUT2D eigenvalue weighted by Crippen LogP contribution is 2.30. The maximum atomic E-state index is 12.9. The lowest BCUT2D eigenvalue weighted by molar-refractivity contribution is 0.0527. The molecular formula is C31H33N7O2. The van der Waals surface area contributed by atoms with E-state index in [-0.39, 0.29) is 5.97 Å². The number of ether oxygens (including phenoxy) is 1. The summed E-state index contributed by atoms with van der Waals surface area (Å²) in [5.74, 6) is 0.862. The van der Waals surface area contributed by atoms with Gasteiger partial charge in [-0.2, -0.15) is 10.3 Å². The monoisotopic (exact) mass is 535 g/mol. The Hall–Kier alpha value is -4.79. The van der Waals surface area contributed by atoms with Crippen LogP contribution in [0.25, 0.3) is 22.5 Å². The number of aromatic amines is 1. The molecule has 0 spiro atoms. The molecule has 9 nitrogen and oxygen atoms in total. The van der Waals surface area contributed by atoms with Gasteiger partial charge in [-0.3, -0.25) is 4.68 Å². The van der Waals surface area contributed by atoms with E-state index in [9.17, 15) is 4.79 Å². The molecule has 40 heavy (non-hydrogen) atoms. The zero-order valence-corrected chi connectivity index (χ0v) is 22.8. The van der Waals surface area contributed by atoms with Crippen molar-refractivity contribution in [1.82, 2.24) is 30.4 Å². The van der Waals surface area contributed by atoms with E-state index in [4.69, 9.17) is 9.84 Å². The summed E-state index contributed by atoms with van der Waals surface area (Å²) in [7, 11) is 0. The first-order chi connectivity index (χ1) is 19.7. The number of hydrogen-bond acceptors (Lipinski definition) is 7. The van der Waals surface area contributed by atoms with E-state index in [0.717, 1.165) is 41.6 Å². The molecule has 0 aliphatic heterocycles. The standard InChI is InChI=1S/C31H33N7O2/c1-3-19-37(30-28(31(39)40-4-2)22-38(34-30)20-18-23-10-6-5-7-11-23)21-24-14-16-25(17-15-24)26-12-8-9-13-27(26)29-32-35-36-33-29/h5-17,22H,3-4,18-21H2,1-2H3,(H,32,33,35,36). The van der Waals surface area contributed by atoms with Gasteiger partial charge in [0.25, 0.3) is 0 Å². The third-order valence-corrected chi connectivity index (χ3v) is 6.65. The Labute approximate surface area is 233 Å². The average molecular weight is 536 g/mol. The Morgan fingerprint density at radius 2 is 1.68 bits per heavy atom. The normalized spacial score (nSPS) is 10.9. The van der Waals surface area contributed by atoms with Gasteiger partial charge in [0.2, 0.25) is 5.82 Å². The highest BCUT2D eigenvalue weighted by atomic mass is 16.5. The van der Waals surface area contributed by atoms with Crippen LogP contribution in [0.2, 0.25) is 0 Å². The minimum absolute atomic E-state index is 0.314. The fourth-order valence-electron chi connectivity index (χ4n) is 4.75. The van der Waals surface area contributed by atoms with Crippen LogP contribution in [0, 0.1) is 0 Å². The van der Waals surface area contributed by atoms with Crippen molar-refractivity contribution in [3.63, 3.8) is 0 Å². The topological polar surface area (TPSA) is 102 Å². The largest absolute Gasteiger partial charge is 0.462 e. The molecule has 1 N–H and O–H groups in total. The predicted octanol–water partition coefficient (Wildman–Crippen LogP) is 5.57. The summed E-state index contributed by atoms with van der Waals surface area (Å²) in [6, 6.07) is 26.7. The third kappa shape index (κ3) is 6.26. The van der Waals surface area contributed by atoms with E-state index < -0.39 is 0 Å². The molecule has 0 amide bonds. The first-order valence-corrected chi connectivity index (χ1v) is 13.6. The van der Waals surface area contributed by atoms with Crippen LogP contribution in [0.4, 0.5) is 5.82 Å². The summed E-state index contributed by atoms with van der Waals surface area (Å²) >= 11 is 0. The average Bonchev–Trinajstić information content (AvgIpc) is 3.68. The second kappa shape index (κ2) is 12.8. The van der Waals surface area contributed by atoms with Gasteiger partial charge in [0.15, 0.2) is 5.82 Å². The van der Waals surface area contributed by atoms with Crippen LogP contribution in [0.1, 0.15) is 41.8 Å². The fourth-order valence-corrected chi connectivity index (χ4v) is 4.75. The van der Waals surface area contributed by atoms with Crippen LogP contribution in [0.5, 0.6) is 0 Å². The molecule has 0 saturated carbocycles. The Kier molecular flexibility index (Phi) is 8.60. The minimum atomic E-state index is -0.349. The molecule has 0 fully saturated rings. The minimum Gasteiger partial charge on any atom is -0.462 e. The van der Waals surface area contributed by atoms with Gasteiger partial charge in [0.1, 0.15) is 5.56 Å². The molecule has 0 aliphatic carbocycles. The number of carbonyl (C=O) groups is 1. The number of aromatic nitrogens is 6. The van der Waals surface area contributed by atoms with Crippen molar-refractivity contribution in [2.24, 2.45) is 0 Å². The molecule has 9 heteroatoms. The van der Waals surface area contributed by atoms with Crippen molar-refractivity contribution < 1.29 is 9.53 Å². The summed E-state index contributed by atoms with van der Waals surface area (Å²) in [6.45, 7) is 6.30. The number of tetrazole rings is 1. The molecular weight excluding hydrogens is 502 g/mol. The lowest BCUT2D eigenvalue weighted by Crippen LogP contribution is -2.26. The number of benzene rings is 3. The van der Waals surface area contributed by atoms with Gasteiger partial charge in [-0.25, -0.2) is 4.79 Å². The Morgan fingerprint density at radius 3 is 2.38 bits per heavy atom. The van der Waals surface area contributed by atoms with Crippen LogP contribution in [0.15, 0.2) is 85.1 Å². The number of rotatable bonds is 12. The molecule has 0 unspecified atom stereocenters. The number of carbonyl (C=O) groups excluding carboxylic acids is 1. The highest BCUT2D eigenvalue weighted by Gasteiger charge is 2.23. The van der Waals surface area contributed by atoms with Gasteiger partial charge in [0, 0.05) is 31.4 Å². The Morgan fingerprint density at radius 1 is 0.925 bits per heavy atom. The molecule has 5 aromatic rings. The molecule has 0 aliphatic rings. The second-order valence-electron chi connectivity index (χ2n) is 9.48. The quantitative estimate of drug-likeness (QED) is 0.209. The molecule has 0 radical (unpaired) electrons. The van der Waals surface area contributed by atoms with E-state index in [1.165, 1.54) is 5.56 Å². The van der Waals surface area contributed by atoms with Crippen molar-refractivity contribution in [2.45, 2.75) is 39.8 Å². The first kappa shape index (κ1) is 26.8. The third-order valence-electron chi connectivity index (χ3n) is 6.65. The smallest absolute Gasteiger partial charge is 0.343 e. The molecule has 2 aromatic heterocycles. The molecule has 0 saturated heterocycles. The van der Waals surface area contributed by atoms with Crippen molar-refractivity contribution in [1.29, 1.82) is 0 Å². The summed E-state index contributed by atoms with van der Waals surface area (Å²) < 4.78 is 7.25. The van der Waals surface area contributed by atoms with Crippen molar-refractivity contribution >= 4 is 11.8 Å². The van der Waals surface area contributed by atoms with E-state index in [2.05, 4.69) is 74.9 Å². The number of anilines is 1. The molecule has 0 bridgehead atoms. The van der Waals surface area contributed by atoms with Crippen LogP contribution in [-0.4, -0.2) is 49.5 Å². The number of nitrogens with zero attached hydrogens (tertiary/aromatic N) is 6. The van der Waals surface area contributed by atoms with E-state index >= 15 is 0 Å². The maximum Gasteiger partial charge on any atom is 0.343 e. The van der Waals surface area contributed by atoms with Crippen molar-refractivity contribution in [3.8, 4) is 22.5 Å². The highest BCUT2D eigenvalue weighted by molar-refractivity contribution is 5.94. The van der Waals surface area contributed by atoms with Crippen molar-refractivity contribution in [3.05, 3.63) is 102 Å². The molecule has 0 atom stereocenters. The molecule has 3 aromatic carbocycles. The van der Waals surface area contributed by atoms with Gasteiger partial charge in [-0.05, 0) is 47.2 Å². The van der Waals surface area contributed by atoms with E-state index in [1.54, 1.807) is 0 Å². The van der Waals surface area contributed by atoms with Crippen LogP contribution >= 0.6 is 0 Å². The lowest BCUT2D eigenvalue weighted by Gasteiger charge is -2.23. The van der Waals surface area contributed by atoms with Gasteiger partial charge in [-0.1, -0.05) is 85.8 Å². The zero-order valence-electron chi connectivity index (χ0n) is 22.8. The van der Waals surface area contributed by atoms with E-state index in [0.29, 0.717) is 36.9 Å². The number of aryl methyl sites for hydroxylation is 2. The molecule has 2 heterocycles. The van der Waals surface area contributed by atoms with Crippen molar-refractivity contribution in [2.75, 3.05) is 18.1 Å². The van der Waals surface area contributed by atoms with Crippen LogP contribution in [0.3, 0.4) is 0 Å². The van der Waals surface area contributed by atoms with E-state index in [1.807, 2.05) is 54.2 Å². The molecule has 204 valence electrons. The number of esters is 1.